The average molecular weight is 190 g/mol. The van der Waals surface area contributed by atoms with Gasteiger partial charge in [0.05, 0.1) is 17.8 Å². The molecule has 0 saturated heterocycles. The number of nitrogens with one attached hydrogen (secondary N) is 1. The highest BCUT2D eigenvalue weighted by Crippen LogP contribution is 2.33. The van der Waals surface area contributed by atoms with Crippen molar-refractivity contribution in [3.8, 4) is 0 Å². The molecule has 1 aromatic heterocycles. The van der Waals surface area contributed by atoms with Crippen LogP contribution in [0.5, 0.6) is 0 Å². The summed E-state index contributed by atoms with van der Waals surface area (Å²) in [5.41, 5.74) is 1.31. The molecule has 4 nitrogen and oxygen atoms in total. The molecule has 0 bridgehead atoms. The zero-order chi connectivity index (χ0) is 9.71. The Morgan fingerprint density at radius 2 is 2.07 bits per heavy atom. The summed E-state index contributed by atoms with van der Waals surface area (Å²) in [6, 6.07) is 3.45. The molecule has 2 heterocycles. The van der Waals surface area contributed by atoms with E-state index in [1.54, 1.807) is 6.07 Å². The van der Waals surface area contributed by atoms with E-state index < -0.39 is 0 Å². The van der Waals surface area contributed by atoms with Gasteiger partial charge in [-0.25, -0.2) is 0 Å². The predicted octanol–water partition coefficient (Wildman–Crippen LogP) is 0.493. The number of pyridine rings is 1. The number of rotatable bonds is 1. The minimum absolute atomic E-state index is 0.0683. The van der Waals surface area contributed by atoms with Crippen LogP contribution in [0.25, 0.3) is 0 Å². The maximum atomic E-state index is 11.8. The van der Waals surface area contributed by atoms with Gasteiger partial charge >= 0.3 is 0 Å². The monoisotopic (exact) mass is 190 g/mol. The van der Waals surface area contributed by atoms with E-state index in [-0.39, 0.29) is 11.5 Å². The molecule has 0 radical (unpaired) electrons. The van der Waals surface area contributed by atoms with E-state index in [0.717, 1.165) is 18.5 Å². The Labute approximate surface area is 80.5 Å². The maximum absolute atomic E-state index is 11.8. The molecule has 1 aliphatic heterocycles. The van der Waals surface area contributed by atoms with E-state index in [9.17, 15) is 9.59 Å². The number of hydrogen-bond acceptors (Lipinski definition) is 2. The Bertz CT molecular complexity index is 459. The molecule has 3 rings (SSSR count). The Morgan fingerprint density at radius 3 is 2.79 bits per heavy atom. The van der Waals surface area contributed by atoms with Gasteiger partial charge in [-0.3, -0.25) is 9.59 Å². The molecule has 0 atom stereocenters. The molecule has 1 amide bonds. The summed E-state index contributed by atoms with van der Waals surface area (Å²) in [5.74, 6) is 0.0683. The van der Waals surface area contributed by atoms with Crippen molar-refractivity contribution in [3.63, 3.8) is 0 Å². The first-order chi connectivity index (χ1) is 6.75. The summed E-state index contributed by atoms with van der Waals surface area (Å²) in [5, 5.41) is 0. The molecule has 14 heavy (non-hydrogen) atoms. The van der Waals surface area contributed by atoms with Crippen molar-refractivity contribution in [2.24, 2.45) is 0 Å². The third kappa shape index (κ3) is 0.999. The summed E-state index contributed by atoms with van der Waals surface area (Å²) in [6.07, 6.45) is 2.20. The largest absolute Gasteiger partial charge is 0.330 e. The average Bonchev–Trinajstić information content (AvgIpc) is 2.93. The molecular weight excluding hydrogens is 180 g/mol. The second-order valence-electron chi connectivity index (χ2n) is 3.88. The summed E-state index contributed by atoms with van der Waals surface area (Å²) in [4.78, 5) is 27.4. The van der Waals surface area contributed by atoms with Crippen LogP contribution in [-0.2, 0) is 6.54 Å². The fraction of sp³-hybridized carbons (Fsp3) is 0.400. The van der Waals surface area contributed by atoms with E-state index in [4.69, 9.17) is 0 Å². The van der Waals surface area contributed by atoms with Gasteiger partial charge in [-0.15, -0.1) is 0 Å². The number of aromatic nitrogens is 1. The molecule has 0 aromatic carbocycles. The van der Waals surface area contributed by atoms with Crippen LogP contribution in [0.3, 0.4) is 0 Å². The molecule has 1 fully saturated rings. The van der Waals surface area contributed by atoms with E-state index >= 15 is 0 Å². The number of fused-ring (bicyclic) bond motifs is 1. The van der Waals surface area contributed by atoms with Gasteiger partial charge in [0, 0.05) is 12.1 Å². The highest BCUT2D eigenvalue weighted by Gasteiger charge is 2.38. The fourth-order valence-corrected chi connectivity index (χ4v) is 1.92. The highest BCUT2D eigenvalue weighted by molar-refractivity contribution is 5.98. The second-order valence-corrected chi connectivity index (χ2v) is 3.88. The van der Waals surface area contributed by atoms with Gasteiger partial charge in [0.15, 0.2) is 0 Å². The minimum Gasteiger partial charge on any atom is -0.330 e. The lowest BCUT2D eigenvalue weighted by atomic mass is 10.2. The first-order valence-corrected chi connectivity index (χ1v) is 4.79. The number of aromatic amines is 1. The number of carbonyl (C=O) groups is 1. The zero-order valence-corrected chi connectivity index (χ0v) is 7.62. The Balaban J connectivity index is 2.05. The smallest absolute Gasteiger partial charge is 0.256 e. The lowest BCUT2D eigenvalue weighted by molar-refractivity contribution is 0.0766. The number of hydrogen-bond donors (Lipinski definition) is 1. The highest BCUT2D eigenvalue weighted by atomic mass is 16.2. The van der Waals surface area contributed by atoms with Gasteiger partial charge in [0.1, 0.15) is 0 Å². The van der Waals surface area contributed by atoms with Crippen LogP contribution in [0.4, 0.5) is 0 Å². The molecule has 1 saturated carbocycles. The quantitative estimate of drug-likeness (QED) is 0.700. The molecule has 1 aliphatic carbocycles. The summed E-state index contributed by atoms with van der Waals surface area (Å²) < 4.78 is 0. The zero-order valence-electron chi connectivity index (χ0n) is 7.62. The van der Waals surface area contributed by atoms with Crippen molar-refractivity contribution >= 4 is 5.91 Å². The molecule has 1 N–H and O–H groups in total. The van der Waals surface area contributed by atoms with Crippen LogP contribution < -0.4 is 5.56 Å². The number of nitrogens with zero attached hydrogens (tertiary/aromatic N) is 1. The Morgan fingerprint density at radius 1 is 1.29 bits per heavy atom. The van der Waals surface area contributed by atoms with Crippen LogP contribution >= 0.6 is 0 Å². The van der Waals surface area contributed by atoms with Crippen LogP contribution in [0.2, 0.25) is 0 Å². The lowest BCUT2D eigenvalue weighted by Gasteiger charge is -2.12. The Kier molecular flexibility index (Phi) is 1.37. The van der Waals surface area contributed by atoms with Gasteiger partial charge in [-0.2, -0.15) is 0 Å². The van der Waals surface area contributed by atoms with E-state index in [1.165, 1.54) is 6.07 Å². The van der Waals surface area contributed by atoms with Crippen LogP contribution in [0.1, 0.15) is 28.9 Å². The molecule has 4 heteroatoms. The Hall–Kier alpha value is -1.58. The minimum atomic E-state index is -0.130. The summed E-state index contributed by atoms with van der Waals surface area (Å²) in [7, 11) is 0. The molecular formula is C10H10N2O2. The van der Waals surface area contributed by atoms with Crippen LogP contribution in [-0.4, -0.2) is 21.8 Å². The van der Waals surface area contributed by atoms with Gasteiger partial charge < -0.3 is 9.88 Å². The van der Waals surface area contributed by atoms with Crippen LogP contribution in [0, 0.1) is 0 Å². The standard InChI is InChI=1S/C10H10N2O2/c13-9-4-3-7-8(11-9)5-12(10(7)14)6-1-2-6/h3-4,6H,1-2,5H2,(H,11,13). The van der Waals surface area contributed by atoms with Crippen LogP contribution in [0.15, 0.2) is 16.9 Å². The summed E-state index contributed by atoms with van der Waals surface area (Å²) in [6.45, 7) is 0.578. The fourth-order valence-electron chi connectivity index (χ4n) is 1.92. The number of H-pyrrole nitrogens is 1. The van der Waals surface area contributed by atoms with Crippen molar-refractivity contribution in [2.75, 3.05) is 0 Å². The van der Waals surface area contributed by atoms with Gasteiger partial charge in [-0.1, -0.05) is 0 Å². The van der Waals surface area contributed by atoms with Crippen molar-refractivity contribution in [1.29, 1.82) is 0 Å². The van der Waals surface area contributed by atoms with Crippen molar-refractivity contribution < 1.29 is 4.79 Å². The predicted molar refractivity (Wildman–Crippen MR) is 50.0 cm³/mol. The third-order valence-electron chi connectivity index (χ3n) is 2.81. The SMILES string of the molecule is O=C1c2ccc(=O)[nH]c2CN1C1CC1. The topological polar surface area (TPSA) is 53.2 Å². The second kappa shape index (κ2) is 2.47. The molecule has 1 aromatic rings. The number of carbonyl (C=O) groups excluding carboxylic acids is 1. The van der Waals surface area contributed by atoms with Gasteiger partial charge in [0.2, 0.25) is 5.56 Å². The molecule has 0 spiro atoms. The third-order valence-corrected chi connectivity index (χ3v) is 2.81. The first-order valence-electron chi connectivity index (χ1n) is 4.79. The maximum Gasteiger partial charge on any atom is 0.256 e. The normalized spacial score (nSPS) is 20.0. The number of amides is 1. The lowest BCUT2D eigenvalue weighted by Crippen LogP contribution is -2.25. The van der Waals surface area contributed by atoms with Crippen molar-refractivity contribution in [2.45, 2.75) is 25.4 Å². The van der Waals surface area contributed by atoms with Crippen molar-refractivity contribution in [3.05, 3.63) is 33.7 Å². The van der Waals surface area contributed by atoms with Crippen molar-refractivity contribution in [1.82, 2.24) is 9.88 Å². The molecule has 2 aliphatic rings. The first kappa shape index (κ1) is 7.79. The van der Waals surface area contributed by atoms with Gasteiger partial charge in [0.25, 0.3) is 5.91 Å². The van der Waals surface area contributed by atoms with E-state index in [1.807, 2.05) is 4.90 Å². The van der Waals surface area contributed by atoms with E-state index in [0.29, 0.717) is 18.2 Å². The van der Waals surface area contributed by atoms with E-state index in [2.05, 4.69) is 4.98 Å². The van der Waals surface area contributed by atoms with Gasteiger partial charge in [-0.05, 0) is 18.9 Å². The summed E-state index contributed by atoms with van der Waals surface area (Å²) >= 11 is 0. The molecule has 0 unspecified atom stereocenters. The molecule has 72 valence electrons.